The van der Waals surface area contributed by atoms with E-state index >= 15 is 0 Å². The molecule has 0 aromatic rings. The lowest BCUT2D eigenvalue weighted by Crippen LogP contribution is -2.44. The highest BCUT2D eigenvalue weighted by Crippen LogP contribution is 2.34. The molecular formula is C11H18ClNO3. The van der Waals surface area contributed by atoms with Gasteiger partial charge >= 0.3 is 0 Å². The van der Waals surface area contributed by atoms with Crippen LogP contribution in [0.25, 0.3) is 0 Å². The number of likely N-dealkylation sites (tertiary alicyclic amines) is 1. The number of aliphatic hydroxyl groups excluding tert-OH is 1. The van der Waals surface area contributed by atoms with Crippen molar-refractivity contribution in [2.75, 3.05) is 25.6 Å². The monoisotopic (exact) mass is 247 g/mol. The van der Waals surface area contributed by atoms with Crippen LogP contribution in [0.15, 0.2) is 0 Å². The smallest absolute Gasteiger partial charge is 0.223 e. The summed E-state index contributed by atoms with van der Waals surface area (Å²) in [5, 5.41) is 9.66. The predicted octanol–water partition coefficient (Wildman–Crippen LogP) is 0.758. The number of hydrogen-bond acceptors (Lipinski definition) is 3. The van der Waals surface area contributed by atoms with E-state index in [1.165, 1.54) is 0 Å². The zero-order chi connectivity index (χ0) is 11.6. The molecule has 0 radical (unpaired) electrons. The Bertz CT molecular complexity index is 274. The molecule has 0 saturated carbocycles. The highest BCUT2D eigenvalue weighted by molar-refractivity contribution is 6.18. The summed E-state index contributed by atoms with van der Waals surface area (Å²) >= 11 is 5.56. The molecule has 1 N–H and O–H groups in total. The Morgan fingerprint density at radius 3 is 3.12 bits per heavy atom. The summed E-state index contributed by atoms with van der Waals surface area (Å²) in [6.07, 6.45) is 2.30. The van der Waals surface area contributed by atoms with Crippen molar-refractivity contribution >= 4 is 17.5 Å². The molecule has 0 aromatic carbocycles. The number of halogens is 1. The van der Waals surface area contributed by atoms with E-state index < -0.39 is 0 Å². The van der Waals surface area contributed by atoms with Gasteiger partial charge < -0.3 is 14.7 Å². The maximum Gasteiger partial charge on any atom is 0.223 e. The summed E-state index contributed by atoms with van der Waals surface area (Å²) in [6.45, 7) is 1.93. The van der Waals surface area contributed by atoms with Crippen LogP contribution in [0, 0.1) is 0 Å². The largest absolute Gasteiger partial charge is 0.393 e. The van der Waals surface area contributed by atoms with Gasteiger partial charge in [-0.05, 0) is 12.8 Å². The number of hydrogen-bond donors (Lipinski definition) is 1. The van der Waals surface area contributed by atoms with Crippen molar-refractivity contribution in [1.29, 1.82) is 0 Å². The minimum atomic E-state index is -0.292. The first-order chi connectivity index (χ1) is 7.65. The first-order valence-electron chi connectivity index (χ1n) is 5.81. The van der Waals surface area contributed by atoms with Crippen molar-refractivity contribution in [2.24, 2.45) is 0 Å². The predicted molar refractivity (Wildman–Crippen MR) is 60.5 cm³/mol. The van der Waals surface area contributed by atoms with Crippen molar-refractivity contribution in [3.63, 3.8) is 0 Å². The fourth-order valence-corrected chi connectivity index (χ4v) is 2.74. The van der Waals surface area contributed by atoms with E-state index in [-0.39, 0.29) is 17.6 Å². The Kier molecular flexibility index (Phi) is 3.72. The summed E-state index contributed by atoms with van der Waals surface area (Å²) in [7, 11) is 0. The normalized spacial score (nSPS) is 34.6. The average Bonchev–Trinajstić information content (AvgIpc) is 2.62. The average molecular weight is 248 g/mol. The summed E-state index contributed by atoms with van der Waals surface area (Å²) in [4.78, 5) is 13.5. The van der Waals surface area contributed by atoms with Crippen LogP contribution in [0.2, 0.25) is 0 Å². The van der Waals surface area contributed by atoms with Crippen LogP contribution < -0.4 is 0 Å². The highest BCUT2D eigenvalue weighted by Gasteiger charge is 2.43. The van der Waals surface area contributed by atoms with Gasteiger partial charge in [0.05, 0.1) is 11.7 Å². The minimum absolute atomic E-state index is 0.0931. The standard InChI is InChI=1S/C11H18ClNO3/c12-4-1-10(15)13-5-3-11(8-13)7-9(14)2-6-16-11/h9,14H,1-8H2/t9-,11+/m0/s1. The molecular weight excluding hydrogens is 230 g/mol. The molecule has 2 saturated heterocycles. The lowest BCUT2D eigenvalue weighted by Gasteiger charge is -2.36. The molecule has 1 amide bonds. The van der Waals surface area contributed by atoms with Gasteiger partial charge in [0.25, 0.3) is 0 Å². The zero-order valence-electron chi connectivity index (χ0n) is 9.32. The number of rotatable bonds is 2. The molecule has 92 valence electrons. The minimum Gasteiger partial charge on any atom is -0.393 e. The Morgan fingerprint density at radius 1 is 1.62 bits per heavy atom. The molecule has 2 heterocycles. The molecule has 0 aromatic heterocycles. The second kappa shape index (κ2) is 4.90. The van der Waals surface area contributed by atoms with E-state index in [0.29, 0.717) is 38.3 Å². The van der Waals surface area contributed by atoms with E-state index in [9.17, 15) is 9.90 Å². The Hall–Kier alpha value is -0.320. The molecule has 0 aliphatic carbocycles. The number of carbonyl (C=O) groups is 1. The van der Waals surface area contributed by atoms with Crippen molar-refractivity contribution in [3.05, 3.63) is 0 Å². The van der Waals surface area contributed by atoms with E-state index in [0.717, 1.165) is 13.0 Å². The van der Waals surface area contributed by atoms with Crippen molar-refractivity contribution in [2.45, 2.75) is 37.4 Å². The number of alkyl halides is 1. The second-order valence-electron chi connectivity index (χ2n) is 4.68. The number of nitrogens with zero attached hydrogens (tertiary/aromatic N) is 1. The molecule has 2 atom stereocenters. The van der Waals surface area contributed by atoms with E-state index in [4.69, 9.17) is 16.3 Å². The Labute approximate surface area is 101 Å². The summed E-state index contributed by atoms with van der Waals surface area (Å²) < 4.78 is 5.77. The molecule has 1 spiro atoms. The quantitative estimate of drug-likeness (QED) is 0.733. The molecule has 2 aliphatic heterocycles. The van der Waals surface area contributed by atoms with Gasteiger partial charge in [-0.1, -0.05) is 0 Å². The summed E-state index contributed by atoms with van der Waals surface area (Å²) in [5.74, 6) is 0.460. The lowest BCUT2D eigenvalue weighted by atomic mass is 9.91. The SMILES string of the molecule is O=C(CCCl)N1CC[C@@]2(C[C@@H](O)CCO2)C1. The van der Waals surface area contributed by atoms with Crippen LogP contribution in [-0.2, 0) is 9.53 Å². The fourth-order valence-electron chi connectivity index (χ4n) is 2.58. The van der Waals surface area contributed by atoms with E-state index in [1.807, 2.05) is 0 Å². The third-order valence-corrected chi connectivity index (χ3v) is 3.63. The second-order valence-corrected chi connectivity index (χ2v) is 5.06. The fraction of sp³-hybridized carbons (Fsp3) is 0.909. The Balaban J connectivity index is 1.93. The molecule has 2 rings (SSSR count). The van der Waals surface area contributed by atoms with Crippen molar-refractivity contribution in [3.8, 4) is 0 Å². The van der Waals surface area contributed by atoms with Crippen LogP contribution in [0.3, 0.4) is 0 Å². The van der Waals surface area contributed by atoms with Gasteiger partial charge in [0.1, 0.15) is 0 Å². The molecule has 2 fully saturated rings. The third kappa shape index (κ3) is 2.50. The zero-order valence-corrected chi connectivity index (χ0v) is 10.1. The van der Waals surface area contributed by atoms with Gasteiger partial charge in [0.2, 0.25) is 5.91 Å². The first kappa shape index (κ1) is 12.1. The van der Waals surface area contributed by atoms with Gasteiger partial charge in [-0.25, -0.2) is 0 Å². The number of aliphatic hydroxyl groups is 1. The van der Waals surface area contributed by atoms with Crippen molar-refractivity contribution in [1.82, 2.24) is 4.90 Å². The van der Waals surface area contributed by atoms with Gasteiger partial charge in [-0.3, -0.25) is 4.79 Å². The van der Waals surface area contributed by atoms with Crippen LogP contribution in [-0.4, -0.2) is 53.2 Å². The Morgan fingerprint density at radius 2 is 2.44 bits per heavy atom. The number of ether oxygens (including phenoxy) is 1. The third-order valence-electron chi connectivity index (χ3n) is 3.44. The molecule has 4 nitrogen and oxygen atoms in total. The molecule has 5 heteroatoms. The summed E-state index contributed by atoms with van der Waals surface area (Å²) in [5.41, 5.74) is -0.292. The topological polar surface area (TPSA) is 49.8 Å². The van der Waals surface area contributed by atoms with Crippen molar-refractivity contribution < 1.29 is 14.6 Å². The number of amides is 1. The lowest BCUT2D eigenvalue weighted by molar-refractivity contribution is -0.135. The van der Waals surface area contributed by atoms with Gasteiger partial charge in [-0.15, -0.1) is 11.6 Å². The molecule has 0 unspecified atom stereocenters. The highest BCUT2D eigenvalue weighted by atomic mass is 35.5. The van der Waals surface area contributed by atoms with E-state index in [2.05, 4.69) is 0 Å². The summed E-state index contributed by atoms with van der Waals surface area (Å²) in [6, 6.07) is 0. The molecule has 2 aliphatic rings. The van der Waals surface area contributed by atoms with Crippen LogP contribution in [0.1, 0.15) is 25.7 Å². The van der Waals surface area contributed by atoms with Gasteiger partial charge in [0, 0.05) is 38.4 Å². The van der Waals surface area contributed by atoms with E-state index in [1.54, 1.807) is 4.90 Å². The van der Waals surface area contributed by atoms with Crippen LogP contribution in [0.5, 0.6) is 0 Å². The number of carbonyl (C=O) groups excluding carboxylic acids is 1. The maximum absolute atomic E-state index is 11.7. The maximum atomic E-state index is 11.7. The first-order valence-corrected chi connectivity index (χ1v) is 6.34. The molecule has 16 heavy (non-hydrogen) atoms. The van der Waals surface area contributed by atoms with Crippen LogP contribution >= 0.6 is 11.6 Å². The van der Waals surface area contributed by atoms with Gasteiger partial charge in [-0.2, -0.15) is 0 Å². The van der Waals surface area contributed by atoms with Gasteiger partial charge in [0.15, 0.2) is 0 Å². The molecule has 0 bridgehead atoms. The van der Waals surface area contributed by atoms with Crippen LogP contribution in [0.4, 0.5) is 0 Å².